The second-order valence-corrected chi connectivity index (χ2v) is 7.14. The van der Waals surface area contributed by atoms with Gasteiger partial charge < -0.3 is 15.1 Å². The number of pyridine rings is 1. The van der Waals surface area contributed by atoms with Gasteiger partial charge in [0.05, 0.1) is 12.8 Å². The van der Waals surface area contributed by atoms with Crippen LogP contribution in [0.5, 0.6) is 0 Å². The molecule has 158 valence electrons. The maximum absolute atomic E-state index is 12.4. The molecule has 0 unspecified atom stereocenters. The maximum Gasteiger partial charge on any atom is 0.254 e. The molecule has 2 N–H and O–H groups in total. The number of rotatable bonds is 6. The summed E-state index contributed by atoms with van der Waals surface area (Å²) in [5.74, 6) is 2.27. The molecule has 0 bridgehead atoms. The van der Waals surface area contributed by atoms with Crippen molar-refractivity contribution in [1.29, 1.82) is 0 Å². The van der Waals surface area contributed by atoms with Crippen molar-refractivity contribution in [1.82, 2.24) is 29.9 Å². The molecule has 0 fully saturated rings. The van der Waals surface area contributed by atoms with Crippen LogP contribution in [0.1, 0.15) is 21.8 Å². The Morgan fingerprint density at radius 1 is 1.09 bits per heavy atom. The average Bonchev–Trinajstić information content (AvgIpc) is 3.48. The Hall–Kier alpha value is -4.53. The van der Waals surface area contributed by atoms with E-state index in [4.69, 9.17) is 4.42 Å². The van der Waals surface area contributed by atoms with E-state index in [1.807, 2.05) is 43.3 Å². The van der Waals surface area contributed by atoms with E-state index in [2.05, 4.69) is 30.7 Å². The zero-order valence-corrected chi connectivity index (χ0v) is 17.2. The molecule has 0 radical (unpaired) electrons. The number of amides is 1. The first-order valence-electron chi connectivity index (χ1n) is 9.98. The van der Waals surface area contributed by atoms with Crippen molar-refractivity contribution in [2.24, 2.45) is 0 Å². The minimum Gasteiger partial charge on any atom is -0.467 e. The molecule has 0 spiro atoms. The van der Waals surface area contributed by atoms with E-state index in [1.165, 1.54) is 0 Å². The summed E-state index contributed by atoms with van der Waals surface area (Å²) >= 11 is 0. The van der Waals surface area contributed by atoms with Crippen molar-refractivity contribution in [2.45, 2.75) is 13.5 Å². The number of aryl methyl sites for hydroxylation is 1. The Bertz CT molecular complexity index is 1360. The van der Waals surface area contributed by atoms with E-state index >= 15 is 0 Å². The summed E-state index contributed by atoms with van der Waals surface area (Å²) in [4.78, 5) is 25.5. The summed E-state index contributed by atoms with van der Waals surface area (Å²) in [6, 6.07) is 16.4. The van der Waals surface area contributed by atoms with Crippen molar-refractivity contribution in [3.05, 3.63) is 90.3 Å². The second kappa shape index (κ2) is 8.31. The molecule has 5 aromatic rings. The van der Waals surface area contributed by atoms with E-state index in [-0.39, 0.29) is 5.91 Å². The number of carbonyl (C=O) groups excluding carboxylic acids is 1. The van der Waals surface area contributed by atoms with Crippen molar-refractivity contribution < 1.29 is 9.21 Å². The lowest BCUT2D eigenvalue weighted by Gasteiger charge is -2.09. The predicted molar refractivity (Wildman–Crippen MR) is 118 cm³/mol. The van der Waals surface area contributed by atoms with Crippen molar-refractivity contribution >= 4 is 23.2 Å². The van der Waals surface area contributed by atoms with Crippen LogP contribution in [0.4, 0.5) is 11.5 Å². The van der Waals surface area contributed by atoms with Crippen molar-refractivity contribution in [3.63, 3.8) is 0 Å². The number of nitrogens with zero attached hydrogens (tertiary/aromatic N) is 5. The highest BCUT2D eigenvalue weighted by atomic mass is 16.3. The van der Waals surface area contributed by atoms with Gasteiger partial charge in [0.25, 0.3) is 11.7 Å². The predicted octanol–water partition coefficient (Wildman–Crippen LogP) is 3.76. The average molecular weight is 425 g/mol. The molecule has 9 heteroatoms. The lowest BCUT2D eigenvalue weighted by Crippen LogP contribution is -2.22. The fourth-order valence-electron chi connectivity index (χ4n) is 3.23. The Morgan fingerprint density at radius 2 is 1.97 bits per heavy atom. The summed E-state index contributed by atoms with van der Waals surface area (Å²) in [5.41, 5.74) is 2.97. The van der Waals surface area contributed by atoms with Gasteiger partial charge in [0.2, 0.25) is 0 Å². The Labute approximate surface area is 183 Å². The van der Waals surface area contributed by atoms with Crippen LogP contribution in [-0.2, 0) is 6.54 Å². The molecule has 5 rings (SSSR count). The third-order valence-corrected chi connectivity index (χ3v) is 4.78. The number of nitrogens with one attached hydrogen (secondary N) is 2. The molecule has 32 heavy (non-hydrogen) atoms. The molecule has 0 saturated heterocycles. The van der Waals surface area contributed by atoms with E-state index in [1.54, 1.807) is 41.4 Å². The topological polar surface area (TPSA) is 110 Å². The standard InChI is InChI=1S/C23H19N7O2/c1-15-12-20(30-23(26-15)28-21(29-30)17-4-2-10-24-13-17)27-18-8-6-16(7-9-18)22(31)25-14-19-5-3-11-32-19/h2-13,27H,14H2,1H3,(H,25,31). The number of aromatic nitrogens is 5. The lowest BCUT2D eigenvalue weighted by atomic mass is 10.2. The van der Waals surface area contributed by atoms with E-state index in [9.17, 15) is 4.79 Å². The third-order valence-electron chi connectivity index (χ3n) is 4.78. The molecule has 4 heterocycles. The molecule has 1 amide bonds. The summed E-state index contributed by atoms with van der Waals surface area (Å²) in [6.07, 6.45) is 4.99. The number of hydrogen-bond donors (Lipinski definition) is 2. The van der Waals surface area contributed by atoms with Crippen LogP contribution in [0.3, 0.4) is 0 Å². The molecular formula is C23H19N7O2. The van der Waals surface area contributed by atoms with Crippen molar-refractivity contribution in [2.75, 3.05) is 5.32 Å². The van der Waals surface area contributed by atoms with Gasteiger partial charge in [0.1, 0.15) is 11.6 Å². The molecule has 0 aliphatic heterocycles. The summed E-state index contributed by atoms with van der Waals surface area (Å²) in [6.45, 7) is 2.24. The largest absolute Gasteiger partial charge is 0.467 e. The molecule has 0 aliphatic rings. The number of benzene rings is 1. The summed E-state index contributed by atoms with van der Waals surface area (Å²) in [5, 5.41) is 10.7. The molecule has 0 atom stereocenters. The van der Waals surface area contributed by atoms with Crippen LogP contribution in [-0.4, -0.2) is 30.5 Å². The first-order valence-corrected chi connectivity index (χ1v) is 9.98. The second-order valence-electron chi connectivity index (χ2n) is 7.14. The quantitative estimate of drug-likeness (QED) is 0.426. The van der Waals surface area contributed by atoms with Crippen LogP contribution in [0, 0.1) is 6.92 Å². The molecule has 0 aliphatic carbocycles. The SMILES string of the molecule is Cc1cc(Nc2ccc(C(=O)NCc3ccco3)cc2)n2nc(-c3cccnc3)nc2n1. The minimum absolute atomic E-state index is 0.174. The van der Waals surface area contributed by atoms with Gasteiger partial charge in [0, 0.05) is 41.0 Å². The Kier molecular flexibility index (Phi) is 5.04. The van der Waals surface area contributed by atoms with E-state index < -0.39 is 0 Å². The van der Waals surface area contributed by atoms with Gasteiger partial charge in [-0.25, -0.2) is 4.98 Å². The summed E-state index contributed by atoms with van der Waals surface area (Å²) in [7, 11) is 0. The van der Waals surface area contributed by atoms with Crippen LogP contribution in [0.15, 0.2) is 77.7 Å². The Balaban J connectivity index is 1.36. The highest BCUT2D eigenvalue weighted by Crippen LogP contribution is 2.21. The molecule has 4 aromatic heterocycles. The van der Waals surface area contributed by atoms with E-state index in [0.29, 0.717) is 35.3 Å². The first-order chi connectivity index (χ1) is 15.7. The summed E-state index contributed by atoms with van der Waals surface area (Å²) < 4.78 is 6.89. The maximum atomic E-state index is 12.4. The number of fused-ring (bicyclic) bond motifs is 1. The van der Waals surface area contributed by atoms with Gasteiger partial charge in [-0.15, -0.1) is 5.10 Å². The van der Waals surface area contributed by atoms with Gasteiger partial charge in [-0.3, -0.25) is 9.78 Å². The normalized spacial score (nSPS) is 10.9. The number of anilines is 2. The van der Waals surface area contributed by atoms with Crippen molar-refractivity contribution in [3.8, 4) is 11.4 Å². The van der Waals surface area contributed by atoms with Crippen LogP contribution < -0.4 is 10.6 Å². The molecule has 0 saturated carbocycles. The lowest BCUT2D eigenvalue weighted by molar-refractivity contribution is 0.0948. The van der Waals surface area contributed by atoms with Crippen LogP contribution >= 0.6 is 0 Å². The smallest absolute Gasteiger partial charge is 0.254 e. The fourth-order valence-corrected chi connectivity index (χ4v) is 3.23. The van der Waals surface area contributed by atoms with Gasteiger partial charge in [0.15, 0.2) is 5.82 Å². The molecule has 9 nitrogen and oxygen atoms in total. The minimum atomic E-state index is -0.174. The van der Waals surface area contributed by atoms with Crippen LogP contribution in [0.2, 0.25) is 0 Å². The Morgan fingerprint density at radius 3 is 2.72 bits per heavy atom. The third kappa shape index (κ3) is 4.04. The number of carbonyl (C=O) groups is 1. The zero-order chi connectivity index (χ0) is 21.9. The highest BCUT2D eigenvalue weighted by molar-refractivity contribution is 5.94. The zero-order valence-electron chi connectivity index (χ0n) is 17.2. The van der Waals surface area contributed by atoms with Gasteiger partial charge >= 0.3 is 0 Å². The van der Waals surface area contributed by atoms with Gasteiger partial charge in [-0.1, -0.05) is 0 Å². The van der Waals surface area contributed by atoms with Crippen LogP contribution in [0.25, 0.3) is 17.2 Å². The van der Waals surface area contributed by atoms with E-state index in [0.717, 1.165) is 16.9 Å². The first kappa shape index (κ1) is 19.4. The number of furan rings is 1. The van der Waals surface area contributed by atoms with Gasteiger partial charge in [-0.05, 0) is 55.5 Å². The molecular weight excluding hydrogens is 406 g/mol. The molecule has 1 aromatic carbocycles. The fraction of sp³-hybridized carbons (Fsp3) is 0.0870. The monoisotopic (exact) mass is 425 g/mol. The van der Waals surface area contributed by atoms with Gasteiger partial charge in [-0.2, -0.15) is 9.50 Å². The highest BCUT2D eigenvalue weighted by Gasteiger charge is 2.12. The number of hydrogen-bond acceptors (Lipinski definition) is 7.